The number of amides is 1. The van der Waals surface area contributed by atoms with Crippen LogP contribution in [0.25, 0.3) is 0 Å². The molecule has 0 aromatic carbocycles. The number of carboxylic acid groups (broad SMARTS) is 1. The van der Waals surface area contributed by atoms with Gasteiger partial charge in [-0.1, -0.05) is 13.8 Å². The molecule has 1 atom stereocenters. The van der Waals surface area contributed by atoms with Gasteiger partial charge < -0.3 is 15.2 Å². The van der Waals surface area contributed by atoms with Crippen molar-refractivity contribution in [3.63, 3.8) is 0 Å². The molecule has 1 aliphatic heterocycles. The fourth-order valence-electron chi connectivity index (χ4n) is 1.97. The Morgan fingerprint density at radius 3 is 2.47 bits per heavy atom. The summed E-state index contributed by atoms with van der Waals surface area (Å²) in [6.07, 6.45) is 1.87. The third-order valence-corrected chi connectivity index (χ3v) is 3.39. The summed E-state index contributed by atoms with van der Waals surface area (Å²) in [4.78, 5) is 22.8. The molecule has 0 radical (unpaired) electrons. The van der Waals surface area contributed by atoms with E-state index in [0.29, 0.717) is 26.1 Å². The number of ether oxygens (including phenoxy) is 1. The second kappa shape index (κ2) is 6.00. The van der Waals surface area contributed by atoms with E-state index in [1.54, 1.807) is 0 Å². The van der Waals surface area contributed by atoms with Crippen molar-refractivity contribution in [2.45, 2.75) is 45.1 Å². The van der Waals surface area contributed by atoms with Gasteiger partial charge in [-0.25, -0.2) is 0 Å². The maximum absolute atomic E-state index is 11.9. The first kappa shape index (κ1) is 14.0. The highest BCUT2D eigenvalue weighted by molar-refractivity contribution is 5.80. The number of hydrogen-bond donors (Lipinski definition) is 2. The maximum atomic E-state index is 11.9. The predicted octanol–water partition coefficient (Wildman–Crippen LogP) is 1.17. The average molecular weight is 243 g/mol. The van der Waals surface area contributed by atoms with E-state index in [1.807, 2.05) is 13.8 Å². The van der Waals surface area contributed by atoms with Crippen molar-refractivity contribution in [3.8, 4) is 0 Å². The topological polar surface area (TPSA) is 75.6 Å². The van der Waals surface area contributed by atoms with Crippen LogP contribution in [0.15, 0.2) is 0 Å². The van der Waals surface area contributed by atoms with E-state index in [9.17, 15) is 9.59 Å². The largest absolute Gasteiger partial charge is 0.481 e. The molecule has 2 N–H and O–H groups in total. The second-order valence-electron chi connectivity index (χ2n) is 4.76. The molecule has 1 heterocycles. The lowest BCUT2D eigenvalue weighted by Gasteiger charge is -2.37. The molecule has 1 aliphatic rings. The van der Waals surface area contributed by atoms with Gasteiger partial charge >= 0.3 is 5.97 Å². The van der Waals surface area contributed by atoms with Crippen molar-refractivity contribution in [1.82, 2.24) is 5.32 Å². The molecule has 0 spiro atoms. The van der Waals surface area contributed by atoms with Crippen LogP contribution in [-0.2, 0) is 14.3 Å². The summed E-state index contributed by atoms with van der Waals surface area (Å²) in [5, 5.41) is 11.9. The van der Waals surface area contributed by atoms with Crippen molar-refractivity contribution in [3.05, 3.63) is 0 Å². The van der Waals surface area contributed by atoms with Crippen LogP contribution in [0.2, 0.25) is 0 Å². The SMILES string of the molecule is CCC(C)C(=O)NC1(CC(=O)O)CCOCC1. The van der Waals surface area contributed by atoms with Crippen LogP contribution in [0.3, 0.4) is 0 Å². The lowest BCUT2D eigenvalue weighted by molar-refractivity contribution is -0.141. The van der Waals surface area contributed by atoms with Crippen LogP contribution < -0.4 is 5.32 Å². The summed E-state index contributed by atoms with van der Waals surface area (Å²) in [7, 11) is 0. The van der Waals surface area contributed by atoms with Gasteiger partial charge in [0.25, 0.3) is 0 Å². The zero-order chi connectivity index (χ0) is 12.9. The zero-order valence-corrected chi connectivity index (χ0v) is 10.5. The van der Waals surface area contributed by atoms with Crippen LogP contribution in [0, 0.1) is 5.92 Å². The molecular formula is C12H21NO4. The molecule has 1 amide bonds. The molecule has 0 aromatic heterocycles. The normalized spacial score (nSPS) is 20.6. The molecule has 0 bridgehead atoms. The van der Waals surface area contributed by atoms with Gasteiger partial charge in [0.1, 0.15) is 0 Å². The Labute approximate surface area is 102 Å². The predicted molar refractivity (Wildman–Crippen MR) is 62.6 cm³/mol. The molecule has 5 nitrogen and oxygen atoms in total. The summed E-state index contributed by atoms with van der Waals surface area (Å²) >= 11 is 0. The van der Waals surface area contributed by atoms with Crippen molar-refractivity contribution in [2.75, 3.05) is 13.2 Å². The number of carboxylic acids is 1. The summed E-state index contributed by atoms with van der Waals surface area (Å²) in [5.74, 6) is -1.02. The van der Waals surface area contributed by atoms with Crippen LogP contribution in [0.5, 0.6) is 0 Å². The molecule has 1 saturated heterocycles. The summed E-state index contributed by atoms with van der Waals surface area (Å²) in [5.41, 5.74) is -0.620. The van der Waals surface area contributed by atoms with Crippen LogP contribution >= 0.6 is 0 Å². The first-order chi connectivity index (χ1) is 7.99. The number of rotatable bonds is 5. The standard InChI is InChI=1S/C12H21NO4/c1-3-9(2)11(16)13-12(8-10(14)15)4-6-17-7-5-12/h9H,3-8H2,1-2H3,(H,13,16)(H,14,15). The van der Waals surface area contributed by atoms with Crippen LogP contribution in [0.4, 0.5) is 0 Å². The quantitative estimate of drug-likeness (QED) is 0.760. The lowest BCUT2D eigenvalue weighted by Crippen LogP contribution is -2.54. The first-order valence-corrected chi connectivity index (χ1v) is 6.10. The van der Waals surface area contributed by atoms with Crippen molar-refractivity contribution in [2.24, 2.45) is 5.92 Å². The highest BCUT2D eigenvalue weighted by Gasteiger charge is 2.36. The highest BCUT2D eigenvalue weighted by atomic mass is 16.5. The molecule has 98 valence electrons. The minimum Gasteiger partial charge on any atom is -0.481 e. The molecule has 1 rings (SSSR count). The van der Waals surface area contributed by atoms with E-state index in [-0.39, 0.29) is 18.2 Å². The average Bonchev–Trinajstić information content (AvgIpc) is 2.27. The highest BCUT2D eigenvalue weighted by Crippen LogP contribution is 2.25. The summed E-state index contributed by atoms with van der Waals surface area (Å²) in [6, 6.07) is 0. The van der Waals surface area contributed by atoms with Gasteiger partial charge in [0, 0.05) is 19.1 Å². The molecule has 0 aromatic rings. The number of aliphatic carboxylic acids is 1. The first-order valence-electron chi connectivity index (χ1n) is 6.10. The van der Waals surface area contributed by atoms with E-state index < -0.39 is 11.5 Å². The number of carbonyl (C=O) groups excluding carboxylic acids is 1. The smallest absolute Gasteiger partial charge is 0.305 e. The van der Waals surface area contributed by atoms with Crippen LogP contribution in [0.1, 0.15) is 39.5 Å². The molecule has 5 heteroatoms. The molecule has 1 unspecified atom stereocenters. The minimum atomic E-state index is -0.878. The Balaban J connectivity index is 2.69. The zero-order valence-electron chi connectivity index (χ0n) is 10.5. The van der Waals surface area contributed by atoms with E-state index in [4.69, 9.17) is 9.84 Å². The van der Waals surface area contributed by atoms with Gasteiger partial charge in [-0.2, -0.15) is 0 Å². The fourth-order valence-corrected chi connectivity index (χ4v) is 1.97. The monoisotopic (exact) mass is 243 g/mol. The Morgan fingerprint density at radius 2 is 2.00 bits per heavy atom. The maximum Gasteiger partial charge on any atom is 0.305 e. The van der Waals surface area contributed by atoms with E-state index in [1.165, 1.54) is 0 Å². The summed E-state index contributed by atoms with van der Waals surface area (Å²) < 4.78 is 5.23. The third-order valence-electron chi connectivity index (χ3n) is 3.39. The van der Waals surface area contributed by atoms with Gasteiger partial charge in [0.05, 0.1) is 12.0 Å². The van der Waals surface area contributed by atoms with E-state index in [2.05, 4.69) is 5.32 Å². The summed E-state index contributed by atoms with van der Waals surface area (Å²) in [6.45, 7) is 4.81. The molecular weight excluding hydrogens is 222 g/mol. The lowest BCUT2D eigenvalue weighted by atomic mass is 9.86. The van der Waals surface area contributed by atoms with Crippen molar-refractivity contribution >= 4 is 11.9 Å². The van der Waals surface area contributed by atoms with Gasteiger partial charge in [0.15, 0.2) is 0 Å². The van der Waals surface area contributed by atoms with Gasteiger partial charge in [-0.15, -0.1) is 0 Å². The van der Waals surface area contributed by atoms with Crippen molar-refractivity contribution in [1.29, 1.82) is 0 Å². The van der Waals surface area contributed by atoms with Gasteiger partial charge in [-0.3, -0.25) is 9.59 Å². The van der Waals surface area contributed by atoms with Crippen molar-refractivity contribution < 1.29 is 19.4 Å². The minimum absolute atomic E-state index is 0.0292. The molecule has 1 fully saturated rings. The molecule has 0 saturated carbocycles. The van der Waals surface area contributed by atoms with E-state index in [0.717, 1.165) is 6.42 Å². The van der Waals surface area contributed by atoms with Gasteiger partial charge in [-0.05, 0) is 19.3 Å². The van der Waals surface area contributed by atoms with Gasteiger partial charge in [0.2, 0.25) is 5.91 Å². The van der Waals surface area contributed by atoms with E-state index >= 15 is 0 Å². The van der Waals surface area contributed by atoms with Crippen LogP contribution in [-0.4, -0.2) is 35.7 Å². The number of hydrogen-bond acceptors (Lipinski definition) is 3. The third kappa shape index (κ3) is 4.00. The Kier molecular flexibility index (Phi) is 4.93. The number of nitrogens with one attached hydrogen (secondary N) is 1. The molecule has 17 heavy (non-hydrogen) atoms. The fraction of sp³-hybridized carbons (Fsp3) is 0.833. The number of carbonyl (C=O) groups is 2. The Hall–Kier alpha value is -1.10. The molecule has 0 aliphatic carbocycles. The second-order valence-corrected chi connectivity index (χ2v) is 4.76. The Morgan fingerprint density at radius 1 is 1.41 bits per heavy atom. The Bertz CT molecular complexity index is 284.